The molecule has 124 valence electrons. The number of hydrogen-bond donors (Lipinski definition) is 1. The number of ether oxygens (including phenoxy) is 2. The Morgan fingerprint density at radius 3 is 1.87 bits per heavy atom. The lowest BCUT2D eigenvalue weighted by atomic mass is 10.1. The topological polar surface area (TPSA) is 30.5 Å². The van der Waals surface area contributed by atoms with Crippen molar-refractivity contribution in [3.63, 3.8) is 0 Å². The highest BCUT2D eigenvalue weighted by Crippen LogP contribution is 2.06. The average Bonchev–Trinajstić information content (AvgIpc) is 2.56. The zero-order valence-corrected chi connectivity index (χ0v) is 14.1. The van der Waals surface area contributed by atoms with Gasteiger partial charge < -0.3 is 14.8 Å². The smallest absolute Gasteiger partial charge is 0.0717 e. The van der Waals surface area contributed by atoms with Gasteiger partial charge in [0.15, 0.2) is 0 Å². The average molecular weight is 313 g/mol. The van der Waals surface area contributed by atoms with Crippen molar-refractivity contribution in [1.82, 2.24) is 5.32 Å². The summed E-state index contributed by atoms with van der Waals surface area (Å²) in [5.41, 5.74) is 2.35. The lowest BCUT2D eigenvalue weighted by Crippen LogP contribution is -2.45. The largest absolute Gasteiger partial charge is 0.375 e. The van der Waals surface area contributed by atoms with Crippen molar-refractivity contribution >= 4 is 0 Å². The minimum atomic E-state index is -0.0646. The fourth-order valence-electron chi connectivity index (χ4n) is 2.28. The zero-order chi connectivity index (χ0) is 16.4. The summed E-state index contributed by atoms with van der Waals surface area (Å²) >= 11 is 0. The van der Waals surface area contributed by atoms with Crippen LogP contribution in [0, 0.1) is 0 Å². The molecule has 0 saturated carbocycles. The van der Waals surface area contributed by atoms with E-state index in [4.69, 9.17) is 9.47 Å². The van der Waals surface area contributed by atoms with E-state index in [9.17, 15) is 0 Å². The van der Waals surface area contributed by atoms with Gasteiger partial charge in [-0.15, -0.1) is 0 Å². The van der Waals surface area contributed by atoms with Crippen LogP contribution in [0.25, 0.3) is 0 Å². The Morgan fingerprint density at radius 1 is 0.783 bits per heavy atom. The van der Waals surface area contributed by atoms with Gasteiger partial charge in [0.2, 0.25) is 0 Å². The van der Waals surface area contributed by atoms with E-state index in [1.807, 2.05) is 36.4 Å². The van der Waals surface area contributed by atoms with Crippen LogP contribution in [0.15, 0.2) is 60.7 Å². The Bertz CT molecular complexity index is 540. The molecule has 0 heterocycles. The predicted molar refractivity (Wildman–Crippen MR) is 94.3 cm³/mol. The summed E-state index contributed by atoms with van der Waals surface area (Å²) in [5, 5.41) is 3.48. The van der Waals surface area contributed by atoms with Crippen molar-refractivity contribution in [3.05, 3.63) is 71.8 Å². The first-order valence-electron chi connectivity index (χ1n) is 8.14. The number of benzene rings is 2. The van der Waals surface area contributed by atoms with Crippen molar-refractivity contribution in [2.24, 2.45) is 0 Å². The maximum absolute atomic E-state index is 5.81. The van der Waals surface area contributed by atoms with Gasteiger partial charge in [0, 0.05) is 12.1 Å². The van der Waals surface area contributed by atoms with Gasteiger partial charge in [-0.2, -0.15) is 0 Å². The first-order valence-corrected chi connectivity index (χ1v) is 8.14. The van der Waals surface area contributed by atoms with Crippen LogP contribution in [0.3, 0.4) is 0 Å². The molecule has 0 radical (unpaired) electrons. The predicted octanol–water partition coefficient (Wildman–Crippen LogP) is 3.79. The molecular formula is C20H27NO2. The molecule has 2 aromatic rings. The molecule has 0 aliphatic carbocycles. The van der Waals surface area contributed by atoms with Crippen LogP contribution in [0.5, 0.6) is 0 Å². The van der Waals surface area contributed by atoms with Crippen LogP contribution in [0.2, 0.25) is 0 Å². The molecule has 0 aliphatic heterocycles. The third-order valence-corrected chi connectivity index (χ3v) is 3.54. The number of hydrogen-bond acceptors (Lipinski definition) is 3. The van der Waals surface area contributed by atoms with Gasteiger partial charge >= 0.3 is 0 Å². The van der Waals surface area contributed by atoms with Gasteiger partial charge in [0.1, 0.15) is 0 Å². The lowest BCUT2D eigenvalue weighted by Gasteiger charge is -2.26. The number of rotatable bonds is 10. The Kier molecular flexibility index (Phi) is 7.27. The molecule has 23 heavy (non-hydrogen) atoms. The highest BCUT2D eigenvalue weighted by atomic mass is 16.5. The second-order valence-corrected chi connectivity index (χ2v) is 6.33. The van der Waals surface area contributed by atoms with Crippen molar-refractivity contribution in [3.8, 4) is 0 Å². The standard InChI is InChI=1S/C20H27NO2/c1-20(2,17-23-16-19-11-7-4-8-12-19)21-13-14-22-15-18-9-5-3-6-10-18/h3-12,21H,13-17H2,1-2H3. The van der Waals surface area contributed by atoms with E-state index >= 15 is 0 Å². The molecule has 2 aromatic carbocycles. The van der Waals surface area contributed by atoms with Crippen LogP contribution in [-0.2, 0) is 22.7 Å². The van der Waals surface area contributed by atoms with E-state index in [2.05, 4.69) is 43.4 Å². The van der Waals surface area contributed by atoms with Crippen LogP contribution in [-0.4, -0.2) is 25.3 Å². The first kappa shape index (κ1) is 17.7. The third-order valence-electron chi connectivity index (χ3n) is 3.54. The van der Waals surface area contributed by atoms with Crippen LogP contribution < -0.4 is 5.32 Å². The van der Waals surface area contributed by atoms with Gasteiger partial charge in [0.05, 0.1) is 26.4 Å². The second kappa shape index (κ2) is 9.46. The maximum Gasteiger partial charge on any atom is 0.0717 e. The molecule has 0 aliphatic rings. The fourth-order valence-corrected chi connectivity index (χ4v) is 2.28. The molecule has 0 aromatic heterocycles. The molecule has 3 heteroatoms. The summed E-state index contributed by atoms with van der Waals surface area (Å²) in [6, 6.07) is 20.5. The zero-order valence-electron chi connectivity index (χ0n) is 14.1. The first-order chi connectivity index (χ1) is 11.2. The molecule has 0 fully saturated rings. The summed E-state index contributed by atoms with van der Waals surface area (Å²) in [4.78, 5) is 0. The Morgan fingerprint density at radius 2 is 1.30 bits per heavy atom. The Balaban J connectivity index is 1.56. The van der Waals surface area contributed by atoms with E-state index < -0.39 is 0 Å². The van der Waals surface area contributed by atoms with Gasteiger partial charge in [-0.25, -0.2) is 0 Å². The van der Waals surface area contributed by atoms with Crippen molar-refractivity contribution in [1.29, 1.82) is 0 Å². The van der Waals surface area contributed by atoms with Gasteiger partial charge in [-0.05, 0) is 25.0 Å². The summed E-state index contributed by atoms with van der Waals surface area (Å²) < 4.78 is 11.5. The molecule has 1 N–H and O–H groups in total. The van der Waals surface area contributed by atoms with E-state index in [1.54, 1.807) is 0 Å². The fraction of sp³-hybridized carbons (Fsp3) is 0.400. The van der Waals surface area contributed by atoms with Gasteiger partial charge in [-0.1, -0.05) is 60.7 Å². The van der Waals surface area contributed by atoms with Crippen molar-refractivity contribution in [2.75, 3.05) is 19.8 Å². The SMILES string of the molecule is CC(C)(COCc1ccccc1)NCCOCc1ccccc1. The molecule has 0 spiro atoms. The van der Waals surface area contributed by atoms with E-state index in [1.165, 1.54) is 11.1 Å². The molecule has 0 unspecified atom stereocenters. The molecular weight excluding hydrogens is 286 g/mol. The quantitative estimate of drug-likeness (QED) is 0.677. The molecule has 3 nitrogen and oxygen atoms in total. The summed E-state index contributed by atoms with van der Waals surface area (Å²) in [5.74, 6) is 0. The van der Waals surface area contributed by atoms with Crippen LogP contribution in [0.1, 0.15) is 25.0 Å². The maximum atomic E-state index is 5.81. The van der Waals surface area contributed by atoms with Gasteiger partial charge in [-0.3, -0.25) is 0 Å². The molecule has 0 atom stereocenters. The van der Waals surface area contributed by atoms with Gasteiger partial charge in [0.25, 0.3) is 0 Å². The minimum Gasteiger partial charge on any atom is -0.375 e. The Hall–Kier alpha value is -1.68. The molecule has 0 amide bonds. The van der Waals surface area contributed by atoms with Crippen LogP contribution >= 0.6 is 0 Å². The summed E-state index contributed by atoms with van der Waals surface area (Å²) in [6.07, 6.45) is 0. The highest BCUT2D eigenvalue weighted by Gasteiger charge is 2.16. The Labute approximate surface area is 139 Å². The van der Waals surface area contributed by atoms with E-state index in [0.29, 0.717) is 26.4 Å². The highest BCUT2D eigenvalue weighted by molar-refractivity contribution is 5.14. The summed E-state index contributed by atoms with van der Waals surface area (Å²) in [7, 11) is 0. The van der Waals surface area contributed by atoms with E-state index in [-0.39, 0.29) is 5.54 Å². The van der Waals surface area contributed by atoms with Crippen molar-refractivity contribution < 1.29 is 9.47 Å². The molecule has 2 rings (SSSR count). The monoisotopic (exact) mass is 313 g/mol. The summed E-state index contributed by atoms with van der Waals surface area (Å²) in [6.45, 7) is 7.78. The molecule has 0 saturated heterocycles. The van der Waals surface area contributed by atoms with E-state index in [0.717, 1.165) is 6.54 Å². The second-order valence-electron chi connectivity index (χ2n) is 6.33. The lowest BCUT2D eigenvalue weighted by molar-refractivity contribution is 0.0624. The van der Waals surface area contributed by atoms with Crippen LogP contribution in [0.4, 0.5) is 0 Å². The van der Waals surface area contributed by atoms with Crippen molar-refractivity contribution in [2.45, 2.75) is 32.6 Å². The number of nitrogens with one attached hydrogen (secondary N) is 1. The minimum absolute atomic E-state index is 0.0646. The normalized spacial score (nSPS) is 11.6. The third kappa shape index (κ3) is 7.42. The molecule has 0 bridgehead atoms.